The van der Waals surface area contributed by atoms with Gasteiger partial charge in [0.15, 0.2) is 0 Å². The molecule has 0 atom stereocenters. The van der Waals surface area contributed by atoms with Gasteiger partial charge in [0, 0.05) is 23.5 Å². The first kappa shape index (κ1) is 18.5. The number of hydrogen-bond donors (Lipinski definition) is 3. The Labute approximate surface area is 148 Å². The molecular formula is C20H25N3O2. The maximum atomic E-state index is 12.3. The highest BCUT2D eigenvalue weighted by Gasteiger charge is 2.09. The van der Waals surface area contributed by atoms with E-state index < -0.39 is 0 Å². The highest BCUT2D eigenvalue weighted by Crippen LogP contribution is 2.23. The van der Waals surface area contributed by atoms with Crippen molar-refractivity contribution in [2.24, 2.45) is 0 Å². The van der Waals surface area contributed by atoms with Gasteiger partial charge in [0.05, 0.1) is 6.54 Å². The Kier molecular flexibility index (Phi) is 6.17. The molecule has 2 rings (SSSR count). The van der Waals surface area contributed by atoms with Gasteiger partial charge in [0.1, 0.15) is 0 Å². The SMILES string of the molecule is CCC(=O)Nc1cccc(NC(=O)CNc2cc(C)ccc2C)c1C. The largest absolute Gasteiger partial charge is 0.376 e. The van der Waals surface area contributed by atoms with E-state index in [2.05, 4.69) is 16.0 Å². The highest BCUT2D eigenvalue weighted by molar-refractivity contribution is 5.97. The molecule has 0 saturated heterocycles. The molecule has 0 spiro atoms. The van der Waals surface area contributed by atoms with Crippen LogP contribution in [0.15, 0.2) is 36.4 Å². The number of rotatable bonds is 6. The molecule has 2 amide bonds. The summed E-state index contributed by atoms with van der Waals surface area (Å²) in [5.74, 6) is -0.189. The van der Waals surface area contributed by atoms with Crippen molar-refractivity contribution in [3.05, 3.63) is 53.1 Å². The number of carbonyl (C=O) groups is 2. The molecule has 0 aromatic heterocycles. The Morgan fingerprint density at radius 1 is 0.880 bits per heavy atom. The van der Waals surface area contributed by atoms with Crippen LogP contribution in [-0.4, -0.2) is 18.4 Å². The molecule has 5 heteroatoms. The maximum absolute atomic E-state index is 12.3. The van der Waals surface area contributed by atoms with Crippen molar-refractivity contribution >= 4 is 28.9 Å². The Hall–Kier alpha value is -2.82. The fourth-order valence-corrected chi connectivity index (χ4v) is 2.44. The predicted octanol–water partition coefficient (Wildman–Crippen LogP) is 4.01. The molecule has 3 N–H and O–H groups in total. The lowest BCUT2D eigenvalue weighted by molar-refractivity contribution is -0.116. The Bertz CT molecular complexity index is 785. The van der Waals surface area contributed by atoms with Crippen LogP contribution in [0.5, 0.6) is 0 Å². The van der Waals surface area contributed by atoms with Gasteiger partial charge in [-0.25, -0.2) is 0 Å². The Morgan fingerprint density at radius 3 is 2.16 bits per heavy atom. The molecule has 0 aliphatic rings. The lowest BCUT2D eigenvalue weighted by Gasteiger charge is -2.14. The van der Waals surface area contributed by atoms with E-state index in [1.807, 2.05) is 57.2 Å². The summed E-state index contributed by atoms with van der Waals surface area (Å²) in [7, 11) is 0. The standard InChI is InChI=1S/C20H25N3O2/c1-5-19(24)22-16-7-6-8-17(15(16)4)23-20(25)12-21-18-11-13(2)9-10-14(18)3/h6-11,21H,5,12H2,1-4H3,(H,22,24)(H,23,25). The van der Waals surface area contributed by atoms with Crippen molar-refractivity contribution in [3.8, 4) is 0 Å². The average molecular weight is 339 g/mol. The molecule has 25 heavy (non-hydrogen) atoms. The van der Waals surface area contributed by atoms with Crippen molar-refractivity contribution in [1.82, 2.24) is 0 Å². The van der Waals surface area contributed by atoms with E-state index in [1.165, 1.54) is 0 Å². The smallest absolute Gasteiger partial charge is 0.243 e. The summed E-state index contributed by atoms with van der Waals surface area (Å²) in [6, 6.07) is 11.6. The second-order valence-corrected chi connectivity index (χ2v) is 6.10. The molecule has 5 nitrogen and oxygen atoms in total. The third-order valence-electron chi connectivity index (χ3n) is 4.04. The van der Waals surface area contributed by atoms with E-state index in [0.29, 0.717) is 17.8 Å². The van der Waals surface area contributed by atoms with Gasteiger partial charge in [-0.05, 0) is 55.7 Å². The zero-order chi connectivity index (χ0) is 18.4. The first-order chi connectivity index (χ1) is 11.9. The van der Waals surface area contributed by atoms with Crippen molar-refractivity contribution in [2.75, 3.05) is 22.5 Å². The van der Waals surface area contributed by atoms with Crippen molar-refractivity contribution in [2.45, 2.75) is 34.1 Å². The molecule has 0 saturated carbocycles. The molecule has 0 fully saturated rings. The predicted molar refractivity (Wildman–Crippen MR) is 103 cm³/mol. The number of benzene rings is 2. The van der Waals surface area contributed by atoms with E-state index in [9.17, 15) is 9.59 Å². The highest BCUT2D eigenvalue weighted by atomic mass is 16.2. The van der Waals surface area contributed by atoms with Gasteiger partial charge < -0.3 is 16.0 Å². The molecule has 0 radical (unpaired) electrons. The molecule has 0 aliphatic heterocycles. The van der Waals surface area contributed by atoms with Crippen LogP contribution < -0.4 is 16.0 Å². The Morgan fingerprint density at radius 2 is 1.52 bits per heavy atom. The molecule has 2 aromatic carbocycles. The maximum Gasteiger partial charge on any atom is 0.243 e. The molecular weight excluding hydrogens is 314 g/mol. The van der Waals surface area contributed by atoms with E-state index >= 15 is 0 Å². The van der Waals surface area contributed by atoms with Gasteiger partial charge in [0.2, 0.25) is 11.8 Å². The topological polar surface area (TPSA) is 70.2 Å². The zero-order valence-corrected chi connectivity index (χ0v) is 15.2. The number of aryl methyl sites for hydroxylation is 2. The normalized spacial score (nSPS) is 10.2. The first-order valence-electron chi connectivity index (χ1n) is 8.41. The van der Waals surface area contributed by atoms with Crippen LogP contribution >= 0.6 is 0 Å². The lowest BCUT2D eigenvalue weighted by Crippen LogP contribution is -2.23. The molecule has 2 aromatic rings. The quantitative estimate of drug-likeness (QED) is 0.745. The van der Waals surface area contributed by atoms with Gasteiger partial charge in [-0.15, -0.1) is 0 Å². The van der Waals surface area contributed by atoms with E-state index in [1.54, 1.807) is 6.92 Å². The van der Waals surface area contributed by atoms with Gasteiger partial charge in [-0.2, -0.15) is 0 Å². The third-order valence-corrected chi connectivity index (χ3v) is 4.04. The van der Waals surface area contributed by atoms with Gasteiger partial charge in [-0.3, -0.25) is 9.59 Å². The van der Waals surface area contributed by atoms with Crippen molar-refractivity contribution < 1.29 is 9.59 Å². The second kappa shape index (κ2) is 8.33. The zero-order valence-electron chi connectivity index (χ0n) is 15.2. The summed E-state index contributed by atoms with van der Waals surface area (Å²) in [5.41, 5.74) is 5.44. The minimum atomic E-state index is -0.136. The fourth-order valence-electron chi connectivity index (χ4n) is 2.44. The summed E-state index contributed by atoms with van der Waals surface area (Å²) < 4.78 is 0. The van der Waals surface area contributed by atoms with E-state index in [4.69, 9.17) is 0 Å². The Balaban J connectivity index is 2.02. The molecule has 0 unspecified atom stereocenters. The minimum Gasteiger partial charge on any atom is -0.376 e. The monoisotopic (exact) mass is 339 g/mol. The first-order valence-corrected chi connectivity index (χ1v) is 8.41. The number of nitrogens with one attached hydrogen (secondary N) is 3. The summed E-state index contributed by atoms with van der Waals surface area (Å²) >= 11 is 0. The van der Waals surface area contributed by atoms with Crippen molar-refractivity contribution in [3.63, 3.8) is 0 Å². The summed E-state index contributed by atoms with van der Waals surface area (Å²) in [6.45, 7) is 7.87. The van der Waals surface area contributed by atoms with Crippen LogP contribution in [-0.2, 0) is 9.59 Å². The van der Waals surface area contributed by atoms with Gasteiger partial charge in [0.25, 0.3) is 0 Å². The van der Waals surface area contributed by atoms with Crippen LogP contribution in [0.4, 0.5) is 17.1 Å². The molecule has 0 heterocycles. The average Bonchev–Trinajstić information content (AvgIpc) is 2.59. The molecule has 0 bridgehead atoms. The summed E-state index contributed by atoms with van der Waals surface area (Å²) in [4.78, 5) is 23.8. The number of hydrogen-bond acceptors (Lipinski definition) is 3. The van der Waals surface area contributed by atoms with Crippen molar-refractivity contribution in [1.29, 1.82) is 0 Å². The van der Waals surface area contributed by atoms with Crippen LogP contribution in [0, 0.1) is 20.8 Å². The molecule has 132 valence electrons. The molecule has 0 aliphatic carbocycles. The third kappa shape index (κ3) is 5.08. The van der Waals surface area contributed by atoms with Gasteiger partial charge in [-0.1, -0.05) is 25.1 Å². The summed E-state index contributed by atoms with van der Waals surface area (Å²) in [6.07, 6.45) is 0.412. The lowest BCUT2D eigenvalue weighted by atomic mass is 10.1. The van der Waals surface area contributed by atoms with E-state index in [0.717, 1.165) is 22.4 Å². The fraction of sp³-hybridized carbons (Fsp3) is 0.300. The minimum absolute atomic E-state index is 0.0526. The second-order valence-electron chi connectivity index (χ2n) is 6.10. The van der Waals surface area contributed by atoms with Crippen LogP contribution in [0.1, 0.15) is 30.0 Å². The van der Waals surface area contributed by atoms with Crippen LogP contribution in [0.2, 0.25) is 0 Å². The van der Waals surface area contributed by atoms with Crippen LogP contribution in [0.25, 0.3) is 0 Å². The van der Waals surface area contributed by atoms with E-state index in [-0.39, 0.29) is 18.4 Å². The number of carbonyl (C=O) groups excluding carboxylic acids is 2. The number of anilines is 3. The van der Waals surface area contributed by atoms with Crippen LogP contribution in [0.3, 0.4) is 0 Å². The van der Waals surface area contributed by atoms with Gasteiger partial charge >= 0.3 is 0 Å². The number of amides is 2. The summed E-state index contributed by atoms with van der Waals surface area (Å²) in [5, 5.41) is 8.90.